The lowest BCUT2D eigenvalue weighted by Gasteiger charge is -2.15. The smallest absolute Gasteiger partial charge is 0.281 e. The quantitative estimate of drug-likeness (QED) is 0.625. The standard InChI is InChI=1S/C17H11F4NO2S/c18-8-25-14-2-1-13(12-6-17(20,21)16(23)15(12)14)24-11-4-9(7-22)3-10(19)5-11/h1-5,16,23H,6,8H2/t16-/m0/s1. The summed E-state index contributed by atoms with van der Waals surface area (Å²) in [6, 6.07) is 6.96. The lowest BCUT2D eigenvalue weighted by atomic mass is 10.1. The summed E-state index contributed by atoms with van der Waals surface area (Å²) in [5, 5.41) is 18.8. The minimum absolute atomic E-state index is 0.00363. The third kappa shape index (κ3) is 3.30. The van der Waals surface area contributed by atoms with Crippen LogP contribution >= 0.6 is 11.8 Å². The third-order valence-electron chi connectivity index (χ3n) is 3.80. The summed E-state index contributed by atoms with van der Waals surface area (Å²) in [5.74, 6) is -4.15. The highest BCUT2D eigenvalue weighted by molar-refractivity contribution is 7.99. The zero-order chi connectivity index (χ0) is 18.2. The number of ether oxygens (including phenoxy) is 1. The van der Waals surface area contributed by atoms with E-state index < -0.39 is 30.3 Å². The monoisotopic (exact) mass is 369 g/mol. The van der Waals surface area contributed by atoms with Crippen molar-refractivity contribution in [3.05, 3.63) is 52.8 Å². The van der Waals surface area contributed by atoms with Crippen LogP contribution in [0.3, 0.4) is 0 Å². The Morgan fingerprint density at radius 3 is 2.76 bits per heavy atom. The van der Waals surface area contributed by atoms with Crippen molar-refractivity contribution in [2.45, 2.75) is 23.3 Å². The van der Waals surface area contributed by atoms with Gasteiger partial charge in [-0.3, -0.25) is 0 Å². The van der Waals surface area contributed by atoms with Crippen LogP contribution in [0.15, 0.2) is 35.2 Å². The minimum Gasteiger partial charge on any atom is -0.457 e. The molecule has 1 aliphatic carbocycles. The van der Waals surface area contributed by atoms with Gasteiger partial charge in [-0.2, -0.15) is 5.26 Å². The van der Waals surface area contributed by atoms with Crippen molar-refractivity contribution in [1.82, 2.24) is 0 Å². The summed E-state index contributed by atoms with van der Waals surface area (Å²) in [4.78, 5) is 0.200. The highest BCUT2D eigenvalue weighted by Crippen LogP contribution is 2.50. The molecule has 0 aliphatic heterocycles. The van der Waals surface area contributed by atoms with Crippen molar-refractivity contribution in [2.75, 3.05) is 6.01 Å². The Morgan fingerprint density at radius 2 is 2.08 bits per heavy atom. The highest BCUT2D eigenvalue weighted by atomic mass is 32.2. The number of halogens is 4. The first-order chi connectivity index (χ1) is 11.9. The van der Waals surface area contributed by atoms with Gasteiger partial charge in [0.25, 0.3) is 5.92 Å². The van der Waals surface area contributed by atoms with E-state index in [2.05, 4.69) is 0 Å². The van der Waals surface area contributed by atoms with Crippen molar-refractivity contribution in [3.63, 3.8) is 0 Å². The van der Waals surface area contributed by atoms with Gasteiger partial charge in [0, 0.05) is 28.5 Å². The number of fused-ring (bicyclic) bond motifs is 1. The molecule has 1 atom stereocenters. The maximum atomic E-state index is 13.9. The molecule has 130 valence electrons. The Balaban J connectivity index is 2.05. The summed E-state index contributed by atoms with van der Waals surface area (Å²) in [5.41, 5.74) is -0.0256. The van der Waals surface area contributed by atoms with Crippen LogP contribution in [-0.2, 0) is 6.42 Å². The predicted octanol–water partition coefficient (Wildman–Crippen LogP) is 4.73. The maximum Gasteiger partial charge on any atom is 0.281 e. The number of benzene rings is 2. The summed E-state index contributed by atoms with van der Waals surface area (Å²) in [6.07, 6.45) is -2.85. The van der Waals surface area contributed by atoms with Gasteiger partial charge < -0.3 is 9.84 Å². The van der Waals surface area contributed by atoms with Crippen LogP contribution in [0.2, 0.25) is 0 Å². The van der Waals surface area contributed by atoms with Gasteiger partial charge in [0.2, 0.25) is 0 Å². The van der Waals surface area contributed by atoms with Crippen molar-refractivity contribution < 1.29 is 27.4 Å². The number of aliphatic hydroxyl groups excluding tert-OH is 1. The first-order valence-electron chi connectivity index (χ1n) is 7.14. The second-order valence-electron chi connectivity index (χ2n) is 5.44. The molecule has 0 aromatic heterocycles. The van der Waals surface area contributed by atoms with Gasteiger partial charge in [-0.25, -0.2) is 17.6 Å². The molecule has 0 saturated carbocycles. The second-order valence-corrected chi connectivity index (χ2v) is 6.38. The molecule has 8 heteroatoms. The number of hydrogen-bond donors (Lipinski definition) is 1. The van der Waals surface area contributed by atoms with E-state index in [4.69, 9.17) is 10.00 Å². The molecular weight excluding hydrogens is 358 g/mol. The molecule has 3 nitrogen and oxygen atoms in total. The number of nitrogens with zero attached hydrogens (tertiary/aromatic N) is 1. The van der Waals surface area contributed by atoms with E-state index in [-0.39, 0.29) is 33.1 Å². The van der Waals surface area contributed by atoms with Gasteiger partial charge in [0.15, 0.2) is 0 Å². The summed E-state index contributed by atoms with van der Waals surface area (Å²) in [6.45, 7) is 0. The molecule has 25 heavy (non-hydrogen) atoms. The molecule has 0 heterocycles. The zero-order valence-electron chi connectivity index (χ0n) is 12.6. The number of rotatable bonds is 4. The molecule has 2 aromatic rings. The molecule has 0 spiro atoms. The van der Waals surface area contributed by atoms with E-state index in [0.717, 1.165) is 12.1 Å². The third-order valence-corrected chi connectivity index (χ3v) is 4.57. The van der Waals surface area contributed by atoms with Crippen LogP contribution in [-0.4, -0.2) is 17.0 Å². The van der Waals surface area contributed by atoms with Crippen LogP contribution in [0.4, 0.5) is 17.6 Å². The topological polar surface area (TPSA) is 53.2 Å². The fourth-order valence-electron chi connectivity index (χ4n) is 2.74. The Kier molecular flexibility index (Phi) is 4.62. The molecule has 0 radical (unpaired) electrons. The van der Waals surface area contributed by atoms with Gasteiger partial charge in [-0.05, 0) is 24.3 Å². The summed E-state index contributed by atoms with van der Waals surface area (Å²) < 4.78 is 59.5. The number of hydrogen-bond acceptors (Lipinski definition) is 4. The minimum atomic E-state index is -3.41. The van der Waals surface area contributed by atoms with E-state index >= 15 is 0 Å². The number of alkyl halides is 3. The van der Waals surface area contributed by atoms with Crippen molar-refractivity contribution in [3.8, 4) is 17.6 Å². The van der Waals surface area contributed by atoms with Crippen molar-refractivity contribution in [2.24, 2.45) is 0 Å². The molecule has 3 rings (SSSR count). The van der Waals surface area contributed by atoms with Gasteiger partial charge in [-0.15, -0.1) is 0 Å². The van der Waals surface area contributed by atoms with E-state index in [0.29, 0.717) is 11.8 Å². The molecule has 2 aromatic carbocycles. The van der Waals surface area contributed by atoms with Gasteiger partial charge in [0.05, 0.1) is 11.6 Å². The van der Waals surface area contributed by atoms with Crippen molar-refractivity contribution >= 4 is 11.8 Å². The fourth-order valence-corrected chi connectivity index (χ4v) is 3.41. The molecule has 0 amide bonds. The first-order valence-corrected chi connectivity index (χ1v) is 8.13. The number of nitriles is 1. The van der Waals surface area contributed by atoms with Crippen LogP contribution < -0.4 is 4.74 Å². The van der Waals surface area contributed by atoms with Gasteiger partial charge in [0.1, 0.15) is 29.4 Å². The Morgan fingerprint density at radius 1 is 1.32 bits per heavy atom. The molecule has 0 fully saturated rings. The van der Waals surface area contributed by atoms with E-state index in [1.54, 1.807) is 6.07 Å². The van der Waals surface area contributed by atoms with Gasteiger partial charge in [-0.1, -0.05) is 11.8 Å². The van der Waals surface area contributed by atoms with Crippen LogP contribution in [0.1, 0.15) is 22.8 Å². The van der Waals surface area contributed by atoms with Crippen molar-refractivity contribution in [1.29, 1.82) is 5.26 Å². The fraction of sp³-hybridized carbons (Fsp3) is 0.235. The molecular formula is C17H11F4NO2S. The highest BCUT2D eigenvalue weighted by Gasteiger charge is 2.49. The Labute approximate surface area is 144 Å². The first kappa shape index (κ1) is 17.6. The Bertz CT molecular complexity index is 866. The molecule has 0 bridgehead atoms. The summed E-state index contributed by atoms with van der Waals surface area (Å²) >= 11 is 0.690. The van der Waals surface area contributed by atoms with Crippen LogP contribution in [0.5, 0.6) is 11.5 Å². The molecule has 1 aliphatic rings. The lowest BCUT2D eigenvalue weighted by molar-refractivity contribution is -0.0976. The SMILES string of the molecule is N#Cc1cc(F)cc(Oc2ccc(SCF)c3c2CC(F)(F)[C@H]3O)c1. The van der Waals surface area contributed by atoms with E-state index in [1.807, 2.05) is 0 Å². The predicted molar refractivity (Wildman–Crippen MR) is 83.1 cm³/mol. The molecule has 0 saturated heterocycles. The van der Waals surface area contributed by atoms with E-state index in [9.17, 15) is 22.7 Å². The largest absolute Gasteiger partial charge is 0.457 e. The second kappa shape index (κ2) is 6.58. The zero-order valence-corrected chi connectivity index (χ0v) is 13.4. The van der Waals surface area contributed by atoms with Crippen LogP contribution in [0.25, 0.3) is 0 Å². The van der Waals surface area contributed by atoms with Gasteiger partial charge >= 0.3 is 0 Å². The molecule has 1 N–H and O–H groups in total. The Hall–Kier alpha value is -2.24. The number of thioether (sulfide) groups is 1. The van der Waals surface area contributed by atoms with Crippen LogP contribution in [0, 0.1) is 17.1 Å². The normalized spacial score (nSPS) is 17.8. The molecule has 0 unspecified atom stereocenters. The summed E-state index contributed by atoms with van der Waals surface area (Å²) in [7, 11) is 0. The van der Waals surface area contributed by atoms with E-state index in [1.165, 1.54) is 18.2 Å². The lowest BCUT2D eigenvalue weighted by Crippen LogP contribution is -2.21. The average molecular weight is 369 g/mol. The maximum absolute atomic E-state index is 13.9. The average Bonchev–Trinajstić information content (AvgIpc) is 2.80. The number of aliphatic hydroxyl groups is 1.